The lowest BCUT2D eigenvalue weighted by molar-refractivity contribution is 0.102. The molecule has 2 aromatic heterocycles. The quantitative estimate of drug-likeness (QED) is 0.598. The Morgan fingerprint density at radius 2 is 1.73 bits per heavy atom. The second-order valence-corrected chi connectivity index (χ2v) is 5.69. The number of carbonyl (C=O) groups excluding carboxylic acids is 1. The van der Waals surface area contributed by atoms with E-state index in [1.54, 1.807) is 36.7 Å². The zero-order valence-corrected chi connectivity index (χ0v) is 13.6. The van der Waals surface area contributed by atoms with E-state index in [2.05, 4.69) is 20.5 Å². The highest BCUT2D eigenvalue weighted by Gasteiger charge is 2.17. The molecule has 0 saturated carbocycles. The van der Waals surface area contributed by atoms with Gasteiger partial charge in [0, 0.05) is 17.1 Å². The van der Waals surface area contributed by atoms with Gasteiger partial charge in [0.2, 0.25) is 5.43 Å². The van der Waals surface area contributed by atoms with E-state index in [-0.39, 0.29) is 5.69 Å². The summed E-state index contributed by atoms with van der Waals surface area (Å²) in [5, 5.41) is 9.85. The largest absolute Gasteiger partial charge is 0.319 e. The highest BCUT2D eigenvalue weighted by atomic mass is 16.2. The van der Waals surface area contributed by atoms with Gasteiger partial charge in [-0.2, -0.15) is 5.10 Å². The fraction of sp³-hybridized carbons (Fsp3) is 0. The average Bonchev–Trinajstić information content (AvgIpc) is 2.69. The topological polar surface area (TPSA) is 87.7 Å². The lowest BCUT2D eigenvalue weighted by Gasteiger charge is -2.10. The number of pyridine rings is 1. The van der Waals surface area contributed by atoms with Gasteiger partial charge in [0.15, 0.2) is 5.69 Å². The Balaban J connectivity index is 1.72. The monoisotopic (exact) mass is 342 g/mol. The van der Waals surface area contributed by atoms with E-state index < -0.39 is 11.3 Å². The van der Waals surface area contributed by atoms with Crippen LogP contribution in [0.3, 0.4) is 0 Å². The number of carbonyl (C=O) groups is 1. The number of fused-ring (bicyclic) bond motifs is 1. The van der Waals surface area contributed by atoms with Crippen LogP contribution in [0.4, 0.5) is 5.69 Å². The minimum Gasteiger partial charge on any atom is -0.319 e. The van der Waals surface area contributed by atoms with Crippen LogP contribution >= 0.6 is 0 Å². The molecule has 0 radical (unpaired) electrons. The molecule has 2 N–H and O–H groups in total. The third-order valence-corrected chi connectivity index (χ3v) is 4.04. The molecule has 0 atom stereocenters. The number of nitrogens with zero attached hydrogens (tertiary/aromatic N) is 2. The summed E-state index contributed by atoms with van der Waals surface area (Å²) in [5.41, 5.74) is 2.24. The summed E-state index contributed by atoms with van der Waals surface area (Å²) in [7, 11) is 0. The summed E-state index contributed by atoms with van der Waals surface area (Å²) in [6.07, 6.45) is 3.20. The van der Waals surface area contributed by atoms with Crippen molar-refractivity contribution >= 4 is 22.5 Å². The Morgan fingerprint density at radius 1 is 0.962 bits per heavy atom. The standard InChI is InChI=1S/C20H14N4O2/c25-19-15-8-4-5-9-16(15)23-24-18(19)20(26)22-17-12-21-11-10-14(17)13-6-2-1-3-7-13/h1-12H,(H,22,26)(H,23,25). The molecule has 0 aliphatic heterocycles. The van der Waals surface area contributed by atoms with E-state index in [1.165, 1.54) is 0 Å². The summed E-state index contributed by atoms with van der Waals surface area (Å²) in [4.78, 5) is 29.3. The van der Waals surface area contributed by atoms with Crippen LogP contribution in [-0.2, 0) is 0 Å². The fourth-order valence-electron chi connectivity index (χ4n) is 2.77. The predicted octanol–water partition coefficient (Wildman–Crippen LogP) is 3.24. The predicted molar refractivity (Wildman–Crippen MR) is 100.0 cm³/mol. The summed E-state index contributed by atoms with van der Waals surface area (Å²) in [6, 6.07) is 18.4. The van der Waals surface area contributed by atoms with Crippen molar-refractivity contribution in [3.05, 3.63) is 89.0 Å². The van der Waals surface area contributed by atoms with Gasteiger partial charge >= 0.3 is 0 Å². The van der Waals surface area contributed by atoms with Gasteiger partial charge in [0.05, 0.1) is 17.4 Å². The van der Waals surface area contributed by atoms with Gasteiger partial charge in [0.25, 0.3) is 5.91 Å². The van der Waals surface area contributed by atoms with Crippen molar-refractivity contribution in [3.8, 4) is 11.1 Å². The number of para-hydroxylation sites is 1. The van der Waals surface area contributed by atoms with E-state index >= 15 is 0 Å². The first-order valence-electron chi connectivity index (χ1n) is 8.02. The SMILES string of the molecule is O=C(Nc1cnccc1-c1ccccc1)c1n[nH]c2ccccc2c1=O. The van der Waals surface area contributed by atoms with Crippen molar-refractivity contribution < 1.29 is 4.79 Å². The number of benzene rings is 2. The lowest BCUT2D eigenvalue weighted by Crippen LogP contribution is -2.24. The molecule has 0 aliphatic rings. The maximum absolute atomic E-state index is 12.6. The molecule has 26 heavy (non-hydrogen) atoms. The molecule has 0 spiro atoms. The molecule has 1 amide bonds. The van der Waals surface area contributed by atoms with E-state index in [0.717, 1.165) is 11.1 Å². The van der Waals surface area contributed by atoms with Crippen LogP contribution in [-0.4, -0.2) is 21.1 Å². The third-order valence-electron chi connectivity index (χ3n) is 4.04. The Kier molecular flexibility index (Phi) is 3.99. The maximum atomic E-state index is 12.6. The molecule has 4 aromatic rings. The van der Waals surface area contributed by atoms with E-state index in [4.69, 9.17) is 0 Å². The number of rotatable bonds is 3. The molecule has 2 aromatic carbocycles. The van der Waals surface area contributed by atoms with Crippen molar-refractivity contribution in [1.29, 1.82) is 0 Å². The van der Waals surface area contributed by atoms with E-state index in [9.17, 15) is 9.59 Å². The highest BCUT2D eigenvalue weighted by Crippen LogP contribution is 2.26. The molecule has 0 fully saturated rings. The van der Waals surface area contributed by atoms with Crippen LogP contribution < -0.4 is 10.7 Å². The molecular formula is C20H14N4O2. The van der Waals surface area contributed by atoms with Crippen molar-refractivity contribution in [2.45, 2.75) is 0 Å². The second-order valence-electron chi connectivity index (χ2n) is 5.69. The first kappa shape index (κ1) is 15.7. The smallest absolute Gasteiger partial charge is 0.280 e. The van der Waals surface area contributed by atoms with Gasteiger partial charge in [-0.25, -0.2) is 0 Å². The van der Waals surface area contributed by atoms with Crippen LogP contribution in [0.25, 0.3) is 22.0 Å². The van der Waals surface area contributed by atoms with Gasteiger partial charge < -0.3 is 5.32 Å². The van der Waals surface area contributed by atoms with Crippen LogP contribution in [0.15, 0.2) is 77.9 Å². The minimum atomic E-state index is -0.581. The number of aromatic amines is 1. The van der Waals surface area contributed by atoms with E-state index in [1.807, 2.05) is 36.4 Å². The molecule has 0 aliphatic carbocycles. The molecule has 126 valence electrons. The summed E-state index contributed by atoms with van der Waals surface area (Å²) in [5.74, 6) is -0.581. The van der Waals surface area contributed by atoms with Crippen LogP contribution in [0.5, 0.6) is 0 Å². The van der Waals surface area contributed by atoms with Crippen molar-refractivity contribution in [2.75, 3.05) is 5.32 Å². The van der Waals surface area contributed by atoms with Gasteiger partial charge in [-0.05, 0) is 23.8 Å². The first-order chi connectivity index (χ1) is 12.7. The number of hydrogen-bond acceptors (Lipinski definition) is 4. The van der Waals surface area contributed by atoms with E-state index in [0.29, 0.717) is 16.6 Å². The van der Waals surface area contributed by atoms with Gasteiger partial charge in [-0.1, -0.05) is 42.5 Å². The summed E-state index contributed by atoms with van der Waals surface area (Å²) < 4.78 is 0. The number of amides is 1. The van der Waals surface area contributed by atoms with Crippen molar-refractivity contribution in [1.82, 2.24) is 15.2 Å². The second kappa shape index (κ2) is 6.60. The zero-order chi connectivity index (χ0) is 17.9. The Labute approximate surface area is 148 Å². The Hall–Kier alpha value is -3.80. The zero-order valence-electron chi connectivity index (χ0n) is 13.6. The Bertz CT molecular complexity index is 1150. The van der Waals surface area contributed by atoms with Crippen molar-refractivity contribution in [2.24, 2.45) is 0 Å². The molecule has 6 nitrogen and oxygen atoms in total. The maximum Gasteiger partial charge on any atom is 0.280 e. The molecule has 2 heterocycles. The number of anilines is 1. The van der Waals surface area contributed by atoms with Crippen LogP contribution in [0, 0.1) is 0 Å². The summed E-state index contributed by atoms with van der Waals surface area (Å²) >= 11 is 0. The van der Waals surface area contributed by atoms with Gasteiger partial charge in [0.1, 0.15) is 0 Å². The van der Waals surface area contributed by atoms with Crippen LogP contribution in [0.2, 0.25) is 0 Å². The molecule has 4 rings (SSSR count). The molecule has 0 bridgehead atoms. The first-order valence-corrected chi connectivity index (χ1v) is 8.02. The number of H-pyrrole nitrogens is 1. The number of hydrogen-bond donors (Lipinski definition) is 2. The van der Waals surface area contributed by atoms with Crippen LogP contribution in [0.1, 0.15) is 10.5 Å². The highest BCUT2D eigenvalue weighted by molar-refractivity contribution is 6.06. The third kappa shape index (κ3) is 2.84. The molecule has 6 heteroatoms. The summed E-state index contributed by atoms with van der Waals surface area (Å²) in [6.45, 7) is 0. The lowest BCUT2D eigenvalue weighted by atomic mass is 10.1. The molecule has 0 unspecified atom stereocenters. The Morgan fingerprint density at radius 3 is 2.58 bits per heavy atom. The number of aromatic nitrogens is 3. The number of nitrogens with one attached hydrogen (secondary N) is 2. The van der Waals surface area contributed by atoms with Gasteiger partial charge in [-0.3, -0.25) is 19.7 Å². The minimum absolute atomic E-state index is 0.188. The average molecular weight is 342 g/mol. The molecule has 0 saturated heterocycles. The normalized spacial score (nSPS) is 10.6. The van der Waals surface area contributed by atoms with Crippen molar-refractivity contribution in [3.63, 3.8) is 0 Å². The molecular weight excluding hydrogens is 328 g/mol. The fourth-order valence-corrected chi connectivity index (χ4v) is 2.77. The van der Waals surface area contributed by atoms with Gasteiger partial charge in [-0.15, -0.1) is 0 Å².